The van der Waals surface area contributed by atoms with Gasteiger partial charge in [-0.15, -0.1) is 0 Å². The van der Waals surface area contributed by atoms with Crippen molar-refractivity contribution in [3.63, 3.8) is 0 Å². The summed E-state index contributed by atoms with van der Waals surface area (Å²) in [4.78, 5) is 0. The van der Waals surface area contributed by atoms with E-state index < -0.39 is 15.0 Å². The van der Waals surface area contributed by atoms with Gasteiger partial charge in [-0.1, -0.05) is 143 Å². The number of hydrogen-bond acceptors (Lipinski definition) is 3. The van der Waals surface area contributed by atoms with Crippen molar-refractivity contribution >= 4 is 39.1 Å². The molecule has 6 heteroatoms. The molecule has 0 saturated carbocycles. The SMILES string of the molecule is CCCCCCCCCCCCS(CCCCCCCCCCCC)(OCC(O)CCC)[P+](=S)S. The molecule has 35 heavy (non-hydrogen) atoms. The summed E-state index contributed by atoms with van der Waals surface area (Å²) in [6.45, 7) is 7.14. The minimum atomic E-state index is -1.36. The molecule has 0 fully saturated rings. The quantitative estimate of drug-likeness (QED) is 0.0558. The maximum atomic E-state index is 10.3. The van der Waals surface area contributed by atoms with Crippen molar-refractivity contribution in [2.45, 2.75) is 168 Å². The molecule has 0 amide bonds. The van der Waals surface area contributed by atoms with E-state index in [-0.39, 0.29) is 6.10 Å². The molecular weight excluding hydrogens is 507 g/mol. The third-order valence-corrected chi connectivity index (χ3v) is 18.3. The molecule has 0 aliphatic heterocycles. The summed E-state index contributed by atoms with van der Waals surface area (Å²) < 4.78 is 6.55. The van der Waals surface area contributed by atoms with Gasteiger partial charge in [-0.25, -0.2) is 0 Å². The predicted octanol–water partition coefficient (Wildman–Crippen LogP) is 11.4. The molecule has 0 saturated heterocycles. The van der Waals surface area contributed by atoms with Crippen molar-refractivity contribution in [3.05, 3.63) is 0 Å². The van der Waals surface area contributed by atoms with Crippen molar-refractivity contribution in [1.82, 2.24) is 0 Å². The van der Waals surface area contributed by atoms with Gasteiger partial charge in [0.25, 0.3) is 0 Å². The maximum absolute atomic E-state index is 10.3. The number of rotatable bonds is 28. The zero-order chi connectivity index (χ0) is 26.0. The number of unbranched alkanes of at least 4 members (excludes halogenated alkanes) is 18. The van der Waals surface area contributed by atoms with Crippen LogP contribution < -0.4 is 0 Å². The molecule has 0 spiro atoms. The van der Waals surface area contributed by atoms with Gasteiger partial charge in [0.2, 0.25) is 0 Å². The van der Waals surface area contributed by atoms with Crippen LogP contribution in [-0.2, 0) is 16.0 Å². The molecule has 0 aromatic heterocycles. The standard InChI is InChI=1S/C29H61O2PS3/c1-4-7-9-11-13-15-17-19-21-23-26-35(32(33)34,31-28-29(30)25-6-3)27-24-22-20-18-16-14-12-10-8-5-2/h29-30H,4-28H2,1-3H3/p+1. The fraction of sp³-hybridized carbons (Fsp3) is 1.00. The van der Waals surface area contributed by atoms with Crippen molar-refractivity contribution in [3.8, 4) is 0 Å². The minimum Gasteiger partial charge on any atom is -0.391 e. The summed E-state index contributed by atoms with van der Waals surface area (Å²) in [6, 6.07) is 0. The summed E-state index contributed by atoms with van der Waals surface area (Å²) >= 11 is 10.7. The van der Waals surface area contributed by atoms with E-state index in [2.05, 4.69) is 20.8 Å². The molecule has 2 atom stereocenters. The number of aliphatic hydroxyl groups excluding tert-OH is 1. The normalized spacial score (nSPS) is 13.8. The van der Waals surface area contributed by atoms with Gasteiger partial charge in [-0.3, -0.25) is 4.18 Å². The van der Waals surface area contributed by atoms with E-state index in [0.717, 1.165) is 24.3 Å². The van der Waals surface area contributed by atoms with Gasteiger partial charge in [0, 0.05) is 11.5 Å². The number of thiol groups is 1. The highest BCUT2D eigenvalue weighted by atomic mass is 33.2. The van der Waals surface area contributed by atoms with Crippen LogP contribution >= 0.6 is 27.3 Å². The molecule has 0 aliphatic rings. The van der Waals surface area contributed by atoms with Gasteiger partial charge < -0.3 is 5.11 Å². The van der Waals surface area contributed by atoms with Gasteiger partial charge in [0.05, 0.1) is 34.9 Å². The summed E-state index contributed by atoms with van der Waals surface area (Å²) in [6.07, 6.45) is 28.5. The van der Waals surface area contributed by atoms with Crippen LogP contribution in [0.25, 0.3) is 0 Å². The van der Waals surface area contributed by atoms with Gasteiger partial charge in [-0.05, 0) is 19.3 Å². The zero-order valence-corrected chi connectivity index (χ0v) is 27.2. The highest BCUT2D eigenvalue weighted by molar-refractivity contribution is 9.00. The third kappa shape index (κ3) is 21.7. The van der Waals surface area contributed by atoms with Gasteiger partial charge >= 0.3 is 5.10 Å². The molecular formula is C29H62O2PS3+. The molecule has 212 valence electrons. The van der Waals surface area contributed by atoms with Crippen LogP contribution in [0.1, 0.15) is 162 Å². The molecule has 1 N–H and O–H groups in total. The Morgan fingerprint density at radius 1 is 0.629 bits per heavy atom. The van der Waals surface area contributed by atoms with Crippen LogP contribution in [0.2, 0.25) is 0 Å². The Morgan fingerprint density at radius 2 is 0.971 bits per heavy atom. The molecule has 0 rings (SSSR count). The van der Waals surface area contributed by atoms with Crippen LogP contribution in [0.3, 0.4) is 0 Å². The van der Waals surface area contributed by atoms with Gasteiger partial charge in [0.1, 0.15) is 0 Å². The highest BCUT2D eigenvalue weighted by Crippen LogP contribution is 2.73. The molecule has 2 nitrogen and oxygen atoms in total. The van der Waals surface area contributed by atoms with E-state index >= 15 is 0 Å². The van der Waals surface area contributed by atoms with E-state index in [0.29, 0.717) is 6.61 Å². The van der Waals surface area contributed by atoms with E-state index in [1.54, 1.807) is 0 Å². The monoisotopic (exact) mass is 569 g/mol. The van der Waals surface area contributed by atoms with Crippen LogP contribution in [0, 0.1) is 0 Å². The van der Waals surface area contributed by atoms with Crippen molar-refractivity contribution < 1.29 is 9.29 Å². The lowest BCUT2D eigenvalue weighted by molar-refractivity contribution is 0.108. The average Bonchev–Trinajstić information content (AvgIpc) is 2.84. The molecule has 0 aromatic carbocycles. The Kier molecular flexibility index (Phi) is 27.6. The fourth-order valence-corrected chi connectivity index (χ4v) is 13.0. The molecule has 0 aliphatic carbocycles. The Bertz CT molecular complexity index is 441. The second-order valence-electron chi connectivity index (χ2n) is 10.5. The number of aliphatic hydroxyl groups is 1. The van der Waals surface area contributed by atoms with Gasteiger partial charge in [-0.2, -0.15) is 0 Å². The lowest BCUT2D eigenvalue weighted by Gasteiger charge is -2.31. The predicted molar refractivity (Wildman–Crippen MR) is 171 cm³/mol. The van der Waals surface area contributed by atoms with Crippen LogP contribution in [0.4, 0.5) is 0 Å². The Morgan fingerprint density at radius 3 is 1.29 bits per heavy atom. The summed E-state index contributed by atoms with van der Waals surface area (Å²) in [5, 5.41) is 9.49. The maximum Gasteiger partial charge on any atom is 0.313 e. The molecule has 0 radical (unpaired) electrons. The first kappa shape index (κ1) is 36.1. The Hall–Kier alpha value is 1.14. The van der Waals surface area contributed by atoms with Gasteiger partial charge in [0.15, 0.2) is 11.8 Å². The largest absolute Gasteiger partial charge is 0.391 e. The van der Waals surface area contributed by atoms with E-state index in [9.17, 15) is 5.11 Å². The summed E-state index contributed by atoms with van der Waals surface area (Å²) in [7, 11) is -1.36. The average molecular weight is 570 g/mol. The van der Waals surface area contributed by atoms with E-state index in [1.165, 1.54) is 128 Å². The van der Waals surface area contributed by atoms with Crippen LogP contribution in [0.5, 0.6) is 0 Å². The first-order valence-corrected chi connectivity index (χ1v) is 21.3. The third-order valence-electron chi connectivity index (χ3n) is 7.02. The molecule has 0 aromatic rings. The number of hydrogen-bond donors (Lipinski definition) is 2. The Balaban J connectivity index is 4.39. The van der Waals surface area contributed by atoms with Crippen molar-refractivity contribution in [2.24, 2.45) is 0 Å². The second kappa shape index (κ2) is 26.7. The molecule has 0 bridgehead atoms. The Labute approximate surface area is 233 Å². The lowest BCUT2D eigenvalue weighted by Crippen LogP contribution is -2.19. The summed E-state index contributed by atoms with van der Waals surface area (Å²) in [5.41, 5.74) is 0. The molecule has 2 unspecified atom stereocenters. The lowest BCUT2D eigenvalue weighted by atomic mass is 10.1. The first-order valence-electron chi connectivity index (χ1n) is 15.3. The highest BCUT2D eigenvalue weighted by Gasteiger charge is 2.38. The van der Waals surface area contributed by atoms with Crippen LogP contribution in [0.15, 0.2) is 0 Å². The second-order valence-corrected chi connectivity index (χ2v) is 21.3. The smallest absolute Gasteiger partial charge is 0.313 e. The summed E-state index contributed by atoms with van der Waals surface area (Å²) in [5.74, 6) is 2.19. The zero-order valence-electron chi connectivity index (χ0n) is 23.8. The minimum absolute atomic E-state index is 0.356. The van der Waals surface area contributed by atoms with Crippen molar-refractivity contribution in [2.75, 3.05) is 18.1 Å². The topological polar surface area (TPSA) is 29.5 Å². The van der Waals surface area contributed by atoms with E-state index in [1.807, 2.05) is 0 Å². The van der Waals surface area contributed by atoms with Crippen molar-refractivity contribution in [1.29, 1.82) is 0 Å². The molecule has 0 heterocycles. The first-order chi connectivity index (χ1) is 17.0. The van der Waals surface area contributed by atoms with Crippen LogP contribution in [-0.4, -0.2) is 29.3 Å². The van der Waals surface area contributed by atoms with E-state index in [4.69, 9.17) is 28.2 Å². The fourth-order valence-electron chi connectivity index (χ4n) is 4.67.